The minimum atomic E-state index is 0.671. The molecule has 1 aliphatic rings. The Kier molecular flexibility index (Phi) is 2.62. The molecule has 6 nitrogen and oxygen atoms in total. The minimum absolute atomic E-state index is 0.671. The third-order valence-corrected chi connectivity index (χ3v) is 3.65. The van der Waals surface area contributed by atoms with Gasteiger partial charge in [0.05, 0.1) is 0 Å². The van der Waals surface area contributed by atoms with Crippen LogP contribution in [0.2, 0.25) is 0 Å². The van der Waals surface area contributed by atoms with E-state index in [2.05, 4.69) is 32.9 Å². The average Bonchev–Trinajstić information content (AvgIpc) is 2.94. The van der Waals surface area contributed by atoms with Gasteiger partial charge in [0.1, 0.15) is 5.82 Å². The summed E-state index contributed by atoms with van der Waals surface area (Å²) in [5.41, 5.74) is 0.671. The first kappa shape index (κ1) is 10.4. The molecule has 0 amide bonds. The van der Waals surface area contributed by atoms with Gasteiger partial charge in [-0.25, -0.2) is 0 Å². The van der Waals surface area contributed by atoms with Crippen LogP contribution < -0.4 is 5.32 Å². The Balaban J connectivity index is 1.67. The van der Waals surface area contributed by atoms with Crippen LogP contribution in [-0.4, -0.2) is 31.8 Å². The number of fused-ring (bicyclic) bond motifs is 1. The highest BCUT2D eigenvalue weighted by Gasteiger charge is 2.22. The van der Waals surface area contributed by atoms with E-state index in [1.54, 1.807) is 0 Å². The quantitative estimate of drug-likeness (QED) is 0.865. The predicted molar refractivity (Wildman–Crippen MR) is 63.6 cm³/mol. The monoisotopic (exact) mass is 232 g/mol. The summed E-state index contributed by atoms with van der Waals surface area (Å²) in [6, 6.07) is 3.79. The van der Waals surface area contributed by atoms with Crippen LogP contribution in [0.4, 0.5) is 5.82 Å². The van der Waals surface area contributed by atoms with Crippen molar-refractivity contribution in [2.45, 2.75) is 26.2 Å². The third-order valence-electron chi connectivity index (χ3n) is 3.65. The second-order valence-corrected chi connectivity index (χ2v) is 4.79. The molecule has 6 heteroatoms. The lowest BCUT2D eigenvalue weighted by Crippen LogP contribution is -2.17. The van der Waals surface area contributed by atoms with Gasteiger partial charge in [0, 0.05) is 6.54 Å². The number of nitrogens with one attached hydrogen (secondary N) is 1. The summed E-state index contributed by atoms with van der Waals surface area (Å²) in [7, 11) is 0. The van der Waals surface area contributed by atoms with E-state index >= 15 is 0 Å². The lowest BCUT2D eigenvalue weighted by molar-refractivity contribution is 0.439. The van der Waals surface area contributed by atoms with Crippen LogP contribution in [0.3, 0.4) is 0 Å². The Labute approximate surface area is 99.4 Å². The Hall–Kier alpha value is -1.72. The van der Waals surface area contributed by atoms with E-state index in [4.69, 9.17) is 0 Å². The zero-order valence-corrected chi connectivity index (χ0v) is 9.87. The molecule has 17 heavy (non-hydrogen) atoms. The molecule has 1 aliphatic carbocycles. The van der Waals surface area contributed by atoms with Gasteiger partial charge in [-0.05, 0) is 40.8 Å². The third kappa shape index (κ3) is 2.07. The van der Waals surface area contributed by atoms with Gasteiger partial charge in [0.25, 0.3) is 0 Å². The van der Waals surface area contributed by atoms with Crippen molar-refractivity contribution in [3.05, 3.63) is 12.1 Å². The van der Waals surface area contributed by atoms with Crippen molar-refractivity contribution in [2.75, 3.05) is 11.9 Å². The zero-order valence-electron chi connectivity index (χ0n) is 9.87. The molecule has 0 aliphatic heterocycles. The Morgan fingerprint density at radius 3 is 3.18 bits per heavy atom. The van der Waals surface area contributed by atoms with Crippen molar-refractivity contribution < 1.29 is 0 Å². The fourth-order valence-corrected chi connectivity index (χ4v) is 2.51. The summed E-state index contributed by atoms with van der Waals surface area (Å²) in [5.74, 6) is 2.42. The largest absolute Gasteiger partial charge is 0.368 e. The Bertz CT molecular complexity index is 507. The molecule has 1 fully saturated rings. The smallest absolute Gasteiger partial charge is 0.200 e. The summed E-state index contributed by atoms with van der Waals surface area (Å²) in [6.45, 7) is 3.32. The maximum atomic E-state index is 4.29. The van der Waals surface area contributed by atoms with Crippen LogP contribution in [0.15, 0.2) is 12.1 Å². The molecule has 0 radical (unpaired) electrons. The molecule has 0 aromatic carbocycles. The topological polar surface area (TPSA) is 68.0 Å². The number of hydrogen-bond donors (Lipinski definition) is 1. The fourth-order valence-electron chi connectivity index (χ4n) is 2.51. The highest BCUT2D eigenvalue weighted by atomic mass is 15.6. The van der Waals surface area contributed by atoms with Crippen molar-refractivity contribution in [1.82, 2.24) is 25.3 Å². The summed E-state index contributed by atoms with van der Waals surface area (Å²) >= 11 is 0. The van der Waals surface area contributed by atoms with Gasteiger partial charge in [0.15, 0.2) is 5.65 Å². The number of aromatic nitrogens is 5. The van der Waals surface area contributed by atoms with Crippen molar-refractivity contribution in [3.63, 3.8) is 0 Å². The van der Waals surface area contributed by atoms with E-state index < -0.39 is 0 Å². The summed E-state index contributed by atoms with van der Waals surface area (Å²) in [4.78, 5) is 0. The van der Waals surface area contributed by atoms with Gasteiger partial charge in [-0.15, -0.1) is 14.8 Å². The number of hydrogen-bond acceptors (Lipinski definition) is 5. The van der Waals surface area contributed by atoms with E-state index in [0.29, 0.717) is 5.65 Å². The van der Waals surface area contributed by atoms with Crippen molar-refractivity contribution in [1.29, 1.82) is 0 Å². The molecule has 0 saturated heterocycles. The predicted octanol–water partition coefficient (Wildman–Crippen LogP) is 1.37. The second-order valence-electron chi connectivity index (χ2n) is 4.79. The first-order valence-electron chi connectivity index (χ1n) is 6.12. The maximum Gasteiger partial charge on any atom is 0.200 e. The van der Waals surface area contributed by atoms with Gasteiger partial charge in [-0.2, -0.15) is 0 Å². The first-order valence-corrected chi connectivity index (χ1v) is 6.12. The Morgan fingerprint density at radius 1 is 1.41 bits per heavy atom. The van der Waals surface area contributed by atoms with Gasteiger partial charge in [-0.3, -0.25) is 0 Å². The van der Waals surface area contributed by atoms with Crippen LogP contribution in [0.5, 0.6) is 0 Å². The highest BCUT2D eigenvalue weighted by molar-refractivity contribution is 5.42. The number of anilines is 1. The van der Waals surface area contributed by atoms with Crippen LogP contribution in [0.25, 0.3) is 5.65 Å². The van der Waals surface area contributed by atoms with E-state index in [0.717, 1.165) is 24.2 Å². The lowest BCUT2D eigenvalue weighted by Gasteiger charge is -2.15. The van der Waals surface area contributed by atoms with E-state index in [1.807, 2.05) is 12.1 Å². The van der Waals surface area contributed by atoms with Gasteiger partial charge < -0.3 is 5.32 Å². The average molecular weight is 232 g/mol. The molecule has 1 N–H and O–H groups in total. The lowest BCUT2D eigenvalue weighted by atomic mass is 9.98. The summed E-state index contributed by atoms with van der Waals surface area (Å²) < 4.78 is 1.44. The molecule has 0 bridgehead atoms. The van der Waals surface area contributed by atoms with E-state index in [1.165, 1.54) is 23.9 Å². The van der Waals surface area contributed by atoms with Crippen LogP contribution in [0, 0.1) is 11.8 Å². The van der Waals surface area contributed by atoms with Crippen molar-refractivity contribution in [2.24, 2.45) is 11.8 Å². The fraction of sp³-hybridized carbons (Fsp3) is 0.636. The van der Waals surface area contributed by atoms with Crippen LogP contribution >= 0.6 is 0 Å². The number of nitrogens with zero attached hydrogens (tertiary/aromatic N) is 5. The first-order chi connectivity index (χ1) is 8.33. The standard InChI is InChI=1S/C11H16N6/c1-8-3-2-4-9(8)7-12-10-5-6-11-13-15-16-17(11)14-10/h5-6,8-9H,2-4,7H2,1H3,(H,12,14). The molecule has 2 atom stereocenters. The molecule has 1 saturated carbocycles. The highest BCUT2D eigenvalue weighted by Crippen LogP contribution is 2.30. The molecule has 2 aromatic heterocycles. The van der Waals surface area contributed by atoms with Gasteiger partial charge >= 0.3 is 0 Å². The van der Waals surface area contributed by atoms with Crippen molar-refractivity contribution >= 4 is 11.5 Å². The van der Waals surface area contributed by atoms with E-state index in [-0.39, 0.29) is 0 Å². The molecule has 2 unspecified atom stereocenters. The van der Waals surface area contributed by atoms with Crippen LogP contribution in [-0.2, 0) is 0 Å². The summed E-state index contributed by atoms with van der Waals surface area (Å²) in [6.07, 6.45) is 4.03. The van der Waals surface area contributed by atoms with Crippen molar-refractivity contribution in [3.8, 4) is 0 Å². The zero-order chi connectivity index (χ0) is 11.7. The minimum Gasteiger partial charge on any atom is -0.368 e. The molecule has 90 valence electrons. The molecule has 0 spiro atoms. The van der Waals surface area contributed by atoms with E-state index in [9.17, 15) is 0 Å². The second kappa shape index (κ2) is 4.27. The SMILES string of the molecule is CC1CCCC1CNc1ccc2nnnn2n1. The molecule has 3 rings (SSSR count). The number of tetrazole rings is 1. The molecule has 2 heterocycles. The molecule has 2 aromatic rings. The normalized spacial score (nSPS) is 24.3. The molecular weight excluding hydrogens is 216 g/mol. The summed E-state index contributed by atoms with van der Waals surface area (Å²) in [5, 5.41) is 18.8. The van der Waals surface area contributed by atoms with Crippen LogP contribution in [0.1, 0.15) is 26.2 Å². The van der Waals surface area contributed by atoms with Gasteiger partial charge in [0.2, 0.25) is 0 Å². The Morgan fingerprint density at radius 2 is 2.35 bits per heavy atom. The number of rotatable bonds is 3. The van der Waals surface area contributed by atoms with Gasteiger partial charge in [-0.1, -0.05) is 19.8 Å². The molecular formula is C11H16N6. The maximum absolute atomic E-state index is 4.29.